The molecule has 4 heteroatoms. The van der Waals surface area contributed by atoms with Gasteiger partial charge < -0.3 is 19.5 Å². The SMILES string of the molecule is COCOc1c(C(C)(C)C)cc(Oc2ccc(CNC3CCCCCC3)cc2)cc1C(C)(C)C. The Morgan fingerprint density at radius 2 is 1.35 bits per heavy atom. The zero-order chi connectivity index (χ0) is 24.8. The zero-order valence-corrected chi connectivity index (χ0v) is 22.4. The predicted octanol–water partition coefficient (Wildman–Crippen LogP) is 7.87. The topological polar surface area (TPSA) is 39.7 Å². The monoisotopic (exact) mass is 467 g/mol. The van der Waals surface area contributed by atoms with Gasteiger partial charge in [0.15, 0.2) is 6.79 Å². The van der Waals surface area contributed by atoms with Crippen LogP contribution in [-0.4, -0.2) is 19.9 Å². The molecule has 0 saturated heterocycles. The van der Waals surface area contributed by atoms with Gasteiger partial charge in [0.25, 0.3) is 0 Å². The second kappa shape index (κ2) is 11.6. The van der Waals surface area contributed by atoms with Gasteiger partial charge in [0.1, 0.15) is 17.2 Å². The summed E-state index contributed by atoms with van der Waals surface area (Å²) in [4.78, 5) is 0. The van der Waals surface area contributed by atoms with Crippen LogP contribution in [-0.2, 0) is 22.1 Å². The molecule has 1 N–H and O–H groups in total. The fourth-order valence-electron chi connectivity index (χ4n) is 4.61. The molecule has 0 amide bonds. The van der Waals surface area contributed by atoms with Gasteiger partial charge in [-0.15, -0.1) is 0 Å². The van der Waals surface area contributed by atoms with Crippen LogP contribution in [0.15, 0.2) is 36.4 Å². The molecule has 188 valence electrons. The molecule has 1 aliphatic rings. The first-order valence-electron chi connectivity index (χ1n) is 12.9. The number of methoxy groups -OCH3 is 1. The largest absolute Gasteiger partial charge is 0.467 e. The van der Waals surface area contributed by atoms with Gasteiger partial charge in [0.2, 0.25) is 0 Å². The van der Waals surface area contributed by atoms with Gasteiger partial charge in [0.05, 0.1) is 0 Å². The predicted molar refractivity (Wildman–Crippen MR) is 141 cm³/mol. The van der Waals surface area contributed by atoms with Crippen molar-refractivity contribution in [3.63, 3.8) is 0 Å². The first-order valence-corrected chi connectivity index (χ1v) is 12.9. The second-order valence-electron chi connectivity index (χ2n) is 11.7. The van der Waals surface area contributed by atoms with E-state index >= 15 is 0 Å². The Bertz CT molecular complexity index is 863. The third-order valence-electron chi connectivity index (χ3n) is 6.61. The Hall–Kier alpha value is -2.04. The fraction of sp³-hybridized carbons (Fsp3) is 0.600. The summed E-state index contributed by atoms with van der Waals surface area (Å²) >= 11 is 0. The minimum Gasteiger partial charge on any atom is -0.467 e. The lowest BCUT2D eigenvalue weighted by atomic mass is 9.79. The van der Waals surface area contributed by atoms with E-state index < -0.39 is 0 Å². The molecule has 4 nitrogen and oxygen atoms in total. The molecule has 0 radical (unpaired) electrons. The first kappa shape index (κ1) is 26.6. The van der Waals surface area contributed by atoms with Crippen molar-refractivity contribution in [3.05, 3.63) is 53.1 Å². The summed E-state index contributed by atoms with van der Waals surface area (Å²) in [5.74, 6) is 2.58. The van der Waals surface area contributed by atoms with E-state index in [1.165, 1.54) is 44.1 Å². The lowest BCUT2D eigenvalue weighted by Crippen LogP contribution is -2.27. The Morgan fingerprint density at radius 1 is 0.794 bits per heavy atom. The van der Waals surface area contributed by atoms with E-state index in [0.29, 0.717) is 6.04 Å². The molecule has 0 aromatic heterocycles. The van der Waals surface area contributed by atoms with Crippen LogP contribution in [0.4, 0.5) is 0 Å². The molecule has 34 heavy (non-hydrogen) atoms. The van der Waals surface area contributed by atoms with Crippen molar-refractivity contribution in [2.75, 3.05) is 13.9 Å². The average Bonchev–Trinajstić information content (AvgIpc) is 3.05. The second-order valence-corrected chi connectivity index (χ2v) is 11.7. The van der Waals surface area contributed by atoms with E-state index in [2.05, 4.69) is 83.3 Å². The number of rotatable bonds is 8. The van der Waals surface area contributed by atoms with Crippen molar-refractivity contribution in [3.8, 4) is 17.2 Å². The summed E-state index contributed by atoms with van der Waals surface area (Å²) in [6.07, 6.45) is 8.09. The van der Waals surface area contributed by atoms with E-state index in [9.17, 15) is 0 Å². The van der Waals surface area contributed by atoms with Crippen LogP contribution in [0.5, 0.6) is 17.2 Å². The first-order chi connectivity index (χ1) is 16.1. The highest BCUT2D eigenvalue weighted by Crippen LogP contribution is 2.43. The van der Waals surface area contributed by atoms with Gasteiger partial charge in [-0.3, -0.25) is 0 Å². The molecule has 1 saturated carbocycles. The van der Waals surface area contributed by atoms with E-state index in [4.69, 9.17) is 14.2 Å². The molecule has 0 spiro atoms. The number of ether oxygens (including phenoxy) is 3. The van der Waals surface area contributed by atoms with Gasteiger partial charge >= 0.3 is 0 Å². The fourth-order valence-corrected chi connectivity index (χ4v) is 4.61. The highest BCUT2D eigenvalue weighted by molar-refractivity contribution is 5.53. The average molecular weight is 468 g/mol. The van der Waals surface area contributed by atoms with E-state index in [1.807, 2.05) is 0 Å². The van der Waals surface area contributed by atoms with Gasteiger partial charge in [-0.1, -0.05) is 79.4 Å². The van der Waals surface area contributed by atoms with E-state index in [-0.39, 0.29) is 17.6 Å². The van der Waals surface area contributed by atoms with Gasteiger partial charge in [-0.25, -0.2) is 0 Å². The Labute approximate surface area is 207 Å². The van der Waals surface area contributed by atoms with Crippen molar-refractivity contribution in [2.45, 2.75) is 103 Å². The number of hydrogen-bond acceptors (Lipinski definition) is 4. The number of benzene rings is 2. The molecule has 1 fully saturated rings. The minimum absolute atomic E-state index is 0.101. The third kappa shape index (κ3) is 7.48. The van der Waals surface area contributed by atoms with E-state index in [0.717, 1.165) is 34.9 Å². The van der Waals surface area contributed by atoms with Crippen molar-refractivity contribution in [2.24, 2.45) is 0 Å². The Balaban J connectivity index is 1.78. The highest BCUT2D eigenvalue weighted by Gasteiger charge is 2.28. The summed E-state index contributed by atoms with van der Waals surface area (Å²) < 4.78 is 17.7. The van der Waals surface area contributed by atoms with Gasteiger partial charge in [-0.2, -0.15) is 0 Å². The molecule has 3 rings (SSSR count). The molecule has 2 aromatic rings. The lowest BCUT2D eigenvalue weighted by molar-refractivity contribution is 0.0484. The van der Waals surface area contributed by atoms with Crippen LogP contribution in [0, 0.1) is 0 Å². The van der Waals surface area contributed by atoms with Crippen LogP contribution in [0.3, 0.4) is 0 Å². The Morgan fingerprint density at radius 3 is 1.85 bits per heavy atom. The lowest BCUT2D eigenvalue weighted by Gasteiger charge is -2.30. The maximum atomic E-state index is 6.37. The maximum Gasteiger partial charge on any atom is 0.188 e. The Kier molecular flexibility index (Phi) is 9.06. The van der Waals surface area contributed by atoms with Crippen LogP contribution in [0.25, 0.3) is 0 Å². The van der Waals surface area contributed by atoms with Crippen molar-refractivity contribution in [1.29, 1.82) is 0 Å². The molecular formula is C30H45NO3. The quantitative estimate of drug-likeness (QED) is 0.317. The molecule has 0 aliphatic heterocycles. The normalized spacial score (nSPS) is 15.7. The molecule has 0 bridgehead atoms. The van der Waals surface area contributed by atoms with Crippen molar-refractivity contribution >= 4 is 0 Å². The van der Waals surface area contributed by atoms with Crippen molar-refractivity contribution in [1.82, 2.24) is 5.32 Å². The molecule has 0 heterocycles. The number of nitrogens with one attached hydrogen (secondary N) is 1. The van der Waals surface area contributed by atoms with Crippen LogP contribution < -0.4 is 14.8 Å². The summed E-state index contributed by atoms with van der Waals surface area (Å²) in [6.45, 7) is 14.4. The van der Waals surface area contributed by atoms with Gasteiger partial charge in [-0.05, 0) is 53.5 Å². The zero-order valence-electron chi connectivity index (χ0n) is 22.4. The summed E-state index contributed by atoms with van der Waals surface area (Å²) in [5.41, 5.74) is 3.34. The van der Waals surface area contributed by atoms with Crippen LogP contribution >= 0.6 is 0 Å². The number of hydrogen-bond donors (Lipinski definition) is 1. The van der Waals surface area contributed by atoms with Crippen LogP contribution in [0.2, 0.25) is 0 Å². The summed E-state index contributed by atoms with van der Waals surface area (Å²) in [5, 5.41) is 3.75. The smallest absolute Gasteiger partial charge is 0.188 e. The summed E-state index contributed by atoms with van der Waals surface area (Å²) in [6, 6.07) is 13.4. The molecule has 0 unspecified atom stereocenters. The molecule has 1 aliphatic carbocycles. The molecular weight excluding hydrogens is 422 g/mol. The minimum atomic E-state index is -0.101. The van der Waals surface area contributed by atoms with Gasteiger partial charge in [0, 0.05) is 30.8 Å². The summed E-state index contributed by atoms with van der Waals surface area (Å²) in [7, 11) is 1.65. The standard InChI is InChI=1S/C30H45NO3/c1-29(2,3)26-18-25(19-27(30(4,5)6)28(26)33-21-32-7)34-24-16-14-22(15-17-24)20-31-23-12-10-8-9-11-13-23/h14-19,23,31H,8-13,20-21H2,1-7H3. The maximum absolute atomic E-state index is 6.37. The highest BCUT2D eigenvalue weighted by atomic mass is 16.7. The van der Waals surface area contributed by atoms with E-state index in [1.54, 1.807) is 7.11 Å². The third-order valence-corrected chi connectivity index (χ3v) is 6.61. The van der Waals surface area contributed by atoms with Crippen LogP contribution in [0.1, 0.15) is 96.8 Å². The molecule has 0 atom stereocenters. The van der Waals surface area contributed by atoms with Crippen molar-refractivity contribution < 1.29 is 14.2 Å². The molecule has 2 aromatic carbocycles.